The minimum atomic E-state index is -0.989. The number of ether oxygens (including phenoxy) is 1. The number of rotatable bonds is 2. The third-order valence-corrected chi connectivity index (χ3v) is 4.31. The lowest BCUT2D eigenvalue weighted by molar-refractivity contribution is -0.117. The molecule has 0 spiro atoms. The second-order valence-corrected chi connectivity index (χ2v) is 7.72. The Morgan fingerprint density at radius 1 is 1.29 bits per heavy atom. The molecule has 0 saturated heterocycles. The number of benzene rings is 1. The summed E-state index contributed by atoms with van der Waals surface area (Å²) in [5.41, 5.74) is 0.104. The Labute approximate surface area is 165 Å². The van der Waals surface area contributed by atoms with Gasteiger partial charge in [-0.3, -0.25) is 14.7 Å². The molecule has 2 aromatic rings. The van der Waals surface area contributed by atoms with Gasteiger partial charge in [0, 0.05) is 24.9 Å². The van der Waals surface area contributed by atoms with Crippen molar-refractivity contribution in [3.8, 4) is 0 Å². The van der Waals surface area contributed by atoms with Crippen LogP contribution in [0, 0.1) is 11.6 Å². The molecular formula is C19H18ClF2N3O3. The highest BCUT2D eigenvalue weighted by atomic mass is 35.5. The fraction of sp³-hybridized carbons (Fsp3) is 0.316. The van der Waals surface area contributed by atoms with Gasteiger partial charge in [-0.2, -0.15) is 0 Å². The zero-order valence-electron chi connectivity index (χ0n) is 15.4. The summed E-state index contributed by atoms with van der Waals surface area (Å²) in [7, 11) is 0. The molecule has 0 saturated carbocycles. The summed E-state index contributed by atoms with van der Waals surface area (Å²) in [5, 5.41) is 2.03. The van der Waals surface area contributed by atoms with Gasteiger partial charge >= 0.3 is 6.09 Å². The van der Waals surface area contributed by atoms with Crippen LogP contribution < -0.4 is 10.2 Å². The summed E-state index contributed by atoms with van der Waals surface area (Å²) in [6.07, 6.45) is 2.51. The van der Waals surface area contributed by atoms with Crippen LogP contribution in [0.2, 0.25) is 5.02 Å². The number of pyridine rings is 1. The molecule has 2 heterocycles. The predicted molar refractivity (Wildman–Crippen MR) is 100 cm³/mol. The summed E-state index contributed by atoms with van der Waals surface area (Å²) in [6, 6.07) is 2.17. The molecule has 6 nitrogen and oxygen atoms in total. The first-order valence-corrected chi connectivity index (χ1v) is 8.85. The molecular weight excluding hydrogens is 392 g/mol. The molecule has 0 aliphatic carbocycles. The monoisotopic (exact) mass is 409 g/mol. The van der Waals surface area contributed by atoms with Crippen LogP contribution in [0.3, 0.4) is 0 Å². The van der Waals surface area contributed by atoms with Gasteiger partial charge in [-0.15, -0.1) is 0 Å². The van der Waals surface area contributed by atoms with Gasteiger partial charge in [-0.1, -0.05) is 11.6 Å². The largest absolute Gasteiger partial charge is 0.443 e. The molecule has 1 atom stereocenters. The Morgan fingerprint density at radius 3 is 2.68 bits per heavy atom. The van der Waals surface area contributed by atoms with Crippen molar-refractivity contribution in [3.63, 3.8) is 0 Å². The third-order valence-electron chi connectivity index (χ3n) is 4.02. The highest BCUT2D eigenvalue weighted by Gasteiger charge is 2.40. The molecule has 148 valence electrons. The molecule has 2 amide bonds. The standard InChI is InChI=1S/C19H18ClF2N3O3/c1-19(2,3)28-18(27)25-15-4-5-23-9-10(15)6-16(25)17(26)24-14-7-11(20)12(21)8-13(14)22/h4-5,7-9,16H,6H2,1-3H3,(H,24,26). The summed E-state index contributed by atoms with van der Waals surface area (Å²) in [5.74, 6) is -2.58. The summed E-state index contributed by atoms with van der Waals surface area (Å²) >= 11 is 5.67. The number of hydrogen-bond donors (Lipinski definition) is 1. The van der Waals surface area contributed by atoms with Crippen molar-refractivity contribution < 1.29 is 23.1 Å². The number of aromatic nitrogens is 1. The van der Waals surface area contributed by atoms with Gasteiger partial charge in [0.25, 0.3) is 0 Å². The maximum absolute atomic E-state index is 14.0. The van der Waals surface area contributed by atoms with E-state index in [-0.39, 0.29) is 17.1 Å². The predicted octanol–water partition coefficient (Wildman–Crippen LogP) is 4.32. The smallest absolute Gasteiger partial charge is 0.415 e. The van der Waals surface area contributed by atoms with E-state index in [4.69, 9.17) is 16.3 Å². The van der Waals surface area contributed by atoms with E-state index in [2.05, 4.69) is 10.3 Å². The van der Waals surface area contributed by atoms with Gasteiger partial charge in [-0.25, -0.2) is 13.6 Å². The van der Waals surface area contributed by atoms with Crippen LogP contribution in [-0.4, -0.2) is 28.6 Å². The van der Waals surface area contributed by atoms with E-state index in [9.17, 15) is 18.4 Å². The minimum Gasteiger partial charge on any atom is -0.443 e. The third kappa shape index (κ3) is 4.06. The molecule has 0 bridgehead atoms. The van der Waals surface area contributed by atoms with Crippen LogP contribution in [0.25, 0.3) is 0 Å². The molecule has 1 aromatic carbocycles. The van der Waals surface area contributed by atoms with Crippen molar-refractivity contribution in [1.29, 1.82) is 0 Å². The lowest BCUT2D eigenvalue weighted by Crippen LogP contribution is -2.47. The van der Waals surface area contributed by atoms with Gasteiger partial charge in [0.15, 0.2) is 0 Å². The number of nitrogens with zero attached hydrogens (tertiary/aromatic N) is 2. The van der Waals surface area contributed by atoms with Gasteiger partial charge in [0.05, 0.1) is 16.4 Å². The van der Waals surface area contributed by atoms with Crippen LogP contribution in [0.4, 0.5) is 25.0 Å². The fourth-order valence-corrected chi connectivity index (χ4v) is 3.02. The van der Waals surface area contributed by atoms with E-state index in [1.807, 2.05) is 0 Å². The Hall–Kier alpha value is -2.74. The zero-order chi connectivity index (χ0) is 20.6. The quantitative estimate of drug-likeness (QED) is 0.750. The molecule has 0 radical (unpaired) electrons. The van der Waals surface area contributed by atoms with E-state index >= 15 is 0 Å². The average molecular weight is 410 g/mol. The normalized spacial score (nSPS) is 15.9. The number of hydrogen-bond acceptors (Lipinski definition) is 4. The number of nitrogens with one attached hydrogen (secondary N) is 1. The number of anilines is 2. The van der Waals surface area contributed by atoms with Crippen LogP contribution in [-0.2, 0) is 16.0 Å². The molecule has 1 N–H and O–H groups in total. The second-order valence-electron chi connectivity index (χ2n) is 7.31. The van der Waals surface area contributed by atoms with Crippen molar-refractivity contribution >= 4 is 35.0 Å². The first kappa shape index (κ1) is 20.0. The Balaban J connectivity index is 1.90. The molecule has 1 aromatic heterocycles. The summed E-state index contributed by atoms with van der Waals surface area (Å²) in [6.45, 7) is 5.12. The topological polar surface area (TPSA) is 71.5 Å². The number of amides is 2. The van der Waals surface area contributed by atoms with E-state index in [1.165, 1.54) is 11.1 Å². The van der Waals surface area contributed by atoms with Crippen LogP contribution in [0.1, 0.15) is 26.3 Å². The SMILES string of the molecule is CC(C)(C)OC(=O)N1c2ccncc2CC1C(=O)Nc1cc(Cl)c(F)cc1F. The lowest BCUT2D eigenvalue weighted by Gasteiger charge is -2.28. The van der Waals surface area contributed by atoms with Crippen molar-refractivity contribution in [2.45, 2.75) is 38.8 Å². The van der Waals surface area contributed by atoms with E-state index < -0.39 is 35.3 Å². The zero-order valence-corrected chi connectivity index (χ0v) is 16.2. The maximum Gasteiger partial charge on any atom is 0.415 e. The van der Waals surface area contributed by atoms with Gasteiger partial charge in [0.1, 0.15) is 23.3 Å². The van der Waals surface area contributed by atoms with Crippen LogP contribution in [0.5, 0.6) is 0 Å². The summed E-state index contributed by atoms with van der Waals surface area (Å²) < 4.78 is 32.7. The first-order valence-electron chi connectivity index (χ1n) is 8.47. The number of fused-ring (bicyclic) bond motifs is 1. The molecule has 3 rings (SSSR count). The Morgan fingerprint density at radius 2 is 2.00 bits per heavy atom. The van der Waals surface area contributed by atoms with Crippen molar-refractivity contribution in [1.82, 2.24) is 4.98 Å². The molecule has 28 heavy (non-hydrogen) atoms. The molecule has 9 heteroatoms. The van der Waals surface area contributed by atoms with E-state index in [0.29, 0.717) is 17.3 Å². The number of halogens is 3. The maximum atomic E-state index is 14.0. The van der Waals surface area contributed by atoms with Gasteiger partial charge in [0.2, 0.25) is 5.91 Å². The Kier molecular flexibility index (Phi) is 5.25. The van der Waals surface area contributed by atoms with Crippen molar-refractivity contribution in [3.05, 3.63) is 52.8 Å². The summed E-state index contributed by atoms with van der Waals surface area (Å²) in [4.78, 5) is 30.8. The number of carbonyl (C=O) groups excluding carboxylic acids is 2. The van der Waals surface area contributed by atoms with Gasteiger partial charge < -0.3 is 10.1 Å². The highest BCUT2D eigenvalue weighted by molar-refractivity contribution is 6.31. The number of carbonyl (C=O) groups is 2. The molecule has 1 aliphatic rings. The van der Waals surface area contributed by atoms with Crippen molar-refractivity contribution in [2.24, 2.45) is 0 Å². The van der Waals surface area contributed by atoms with E-state index in [0.717, 1.165) is 6.07 Å². The lowest BCUT2D eigenvalue weighted by atomic mass is 10.1. The molecule has 1 unspecified atom stereocenters. The first-order chi connectivity index (χ1) is 13.1. The highest BCUT2D eigenvalue weighted by Crippen LogP contribution is 2.34. The average Bonchev–Trinajstić information content (AvgIpc) is 2.98. The fourth-order valence-electron chi connectivity index (χ4n) is 2.86. The van der Waals surface area contributed by atoms with Crippen molar-refractivity contribution in [2.75, 3.05) is 10.2 Å². The molecule has 0 fully saturated rings. The minimum absolute atomic E-state index is 0.171. The van der Waals surface area contributed by atoms with Crippen LogP contribution >= 0.6 is 11.6 Å². The van der Waals surface area contributed by atoms with E-state index in [1.54, 1.807) is 33.0 Å². The molecule has 1 aliphatic heterocycles. The van der Waals surface area contributed by atoms with Gasteiger partial charge in [-0.05, 0) is 38.5 Å². The Bertz CT molecular complexity index is 947. The van der Waals surface area contributed by atoms with Crippen LogP contribution in [0.15, 0.2) is 30.6 Å². The second kappa shape index (κ2) is 7.35.